The lowest BCUT2D eigenvalue weighted by Crippen LogP contribution is -2.61. The molecule has 0 radical (unpaired) electrons. The number of carbonyl (C=O) groups excluding carboxylic acids is 4. The van der Waals surface area contributed by atoms with Crippen molar-refractivity contribution in [1.29, 1.82) is 0 Å². The molecule has 0 aromatic heterocycles. The van der Waals surface area contributed by atoms with Gasteiger partial charge in [0.05, 0.1) is 36.6 Å². The number of esters is 1. The summed E-state index contributed by atoms with van der Waals surface area (Å²) >= 11 is 3.80. The maximum Gasteiger partial charge on any atom is 0.313 e. The topological polar surface area (TPSA) is 117 Å². The molecule has 2 aromatic rings. The highest BCUT2D eigenvalue weighted by atomic mass is 79.9. The van der Waals surface area contributed by atoms with E-state index in [-0.39, 0.29) is 35.7 Å². The Morgan fingerprint density at radius 1 is 1.06 bits per heavy atom. The van der Waals surface area contributed by atoms with Gasteiger partial charge in [-0.1, -0.05) is 108 Å². The number of likely N-dealkylation sites (tertiary alicyclic amines) is 1. The molecule has 1 unspecified atom stereocenters. The Labute approximate surface area is 327 Å². The smallest absolute Gasteiger partial charge is 0.313 e. The summed E-state index contributed by atoms with van der Waals surface area (Å²) in [7, 11) is 1.70. The highest BCUT2D eigenvalue weighted by molar-refractivity contribution is 9.09. The van der Waals surface area contributed by atoms with Crippen molar-refractivity contribution in [3.63, 3.8) is 0 Å². The number of halogens is 1. The van der Waals surface area contributed by atoms with Gasteiger partial charge in [-0.3, -0.25) is 19.2 Å². The normalized spacial score (nSPS) is 27.8. The second-order valence-electron chi connectivity index (χ2n) is 15.3. The monoisotopic (exact) mass is 803 g/mol. The van der Waals surface area contributed by atoms with E-state index in [1.54, 1.807) is 29.0 Å². The summed E-state index contributed by atoms with van der Waals surface area (Å²) < 4.78 is 13.3. The zero-order valence-electron chi connectivity index (χ0n) is 31.4. The summed E-state index contributed by atoms with van der Waals surface area (Å²) in [5, 5.41) is 11.0. The molecule has 3 aliphatic heterocycles. The van der Waals surface area contributed by atoms with E-state index >= 15 is 9.59 Å². The van der Waals surface area contributed by atoms with Crippen molar-refractivity contribution in [2.75, 3.05) is 20.2 Å². The fraction of sp³-hybridized carbons (Fsp3) is 0.535. The van der Waals surface area contributed by atoms with E-state index in [2.05, 4.69) is 29.1 Å². The predicted octanol–water partition coefficient (Wildman–Crippen LogP) is 5.78. The first-order chi connectivity index (χ1) is 26.1. The summed E-state index contributed by atoms with van der Waals surface area (Å²) in [6.45, 7) is 9.47. The quantitative estimate of drug-likeness (QED) is 0.130. The highest BCUT2D eigenvalue weighted by Gasteiger charge is 2.77. The van der Waals surface area contributed by atoms with Crippen LogP contribution in [-0.2, 0) is 35.1 Å². The molecule has 54 heavy (non-hydrogen) atoms. The number of allylic oxidation sites excluding steroid dienone is 1. The first-order valence-corrected chi connectivity index (χ1v) is 20.3. The largest absolute Gasteiger partial charge is 0.455 e. The van der Waals surface area contributed by atoms with Crippen LogP contribution in [0.3, 0.4) is 0 Å². The van der Waals surface area contributed by atoms with Crippen LogP contribution in [0.4, 0.5) is 0 Å². The first kappa shape index (κ1) is 39.9. The predicted molar refractivity (Wildman–Crippen MR) is 209 cm³/mol. The molecule has 3 amide bonds. The van der Waals surface area contributed by atoms with Crippen molar-refractivity contribution in [2.45, 2.75) is 112 Å². The number of carbonyl (C=O) groups is 4. The molecule has 2 bridgehead atoms. The van der Waals surface area contributed by atoms with Crippen LogP contribution >= 0.6 is 15.9 Å². The molecule has 6 rings (SSSR count). The van der Waals surface area contributed by atoms with Gasteiger partial charge in [0.1, 0.15) is 17.7 Å². The van der Waals surface area contributed by atoms with Crippen molar-refractivity contribution < 1.29 is 33.8 Å². The van der Waals surface area contributed by atoms with Gasteiger partial charge in [-0.05, 0) is 50.2 Å². The molecule has 1 saturated carbocycles. The molecular formula is C43H54BrN3O7. The van der Waals surface area contributed by atoms with Gasteiger partial charge in [-0.25, -0.2) is 0 Å². The number of fused-ring (bicyclic) bond motifs is 1. The van der Waals surface area contributed by atoms with Crippen LogP contribution in [0.2, 0.25) is 0 Å². The number of ether oxygens (including phenoxy) is 2. The van der Waals surface area contributed by atoms with Crippen molar-refractivity contribution in [3.8, 4) is 0 Å². The van der Waals surface area contributed by atoms with E-state index in [0.717, 1.165) is 37.7 Å². The number of aliphatic hydroxyl groups excluding tert-OH is 1. The first-order valence-electron chi connectivity index (χ1n) is 19.4. The van der Waals surface area contributed by atoms with E-state index in [9.17, 15) is 14.7 Å². The van der Waals surface area contributed by atoms with Crippen LogP contribution in [0.15, 0.2) is 86.0 Å². The molecule has 4 aliphatic rings. The van der Waals surface area contributed by atoms with E-state index in [4.69, 9.17) is 9.47 Å². The molecule has 1 N–H and O–H groups in total. The maximum atomic E-state index is 15.2. The van der Waals surface area contributed by atoms with Crippen molar-refractivity contribution in [2.24, 2.45) is 11.8 Å². The molecule has 1 spiro atoms. The van der Waals surface area contributed by atoms with Crippen molar-refractivity contribution >= 4 is 39.6 Å². The summed E-state index contributed by atoms with van der Waals surface area (Å²) in [6, 6.07) is 16.5. The highest BCUT2D eigenvalue weighted by Crippen LogP contribution is 2.61. The van der Waals surface area contributed by atoms with Crippen LogP contribution in [0.25, 0.3) is 0 Å². The van der Waals surface area contributed by atoms with Crippen molar-refractivity contribution in [3.05, 3.63) is 97.1 Å². The SMILES string of the molecule is C=CCCC(=O)N(C)[C@H](C)[C@H](OC(=O)[C@H]1[C@@H]2O[C@@]3(CC2Br)[C@@H]1C(=O)N([C@@H](CO)Cc1ccccc1)[C@@H]3C(=O)N(CC=C)C1CCCCC1)c1ccccc1. The number of benzene rings is 2. The second kappa shape index (κ2) is 17.3. The number of hydrogen-bond acceptors (Lipinski definition) is 7. The molecular weight excluding hydrogens is 750 g/mol. The van der Waals surface area contributed by atoms with Gasteiger partial charge in [-0.2, -0.15) is 0 Å². The lowest BCUT2D eigenvalue weighted by Gasteiger charge is -2.42. The maximum absolute atomic E-state index is 15.2. The minimum Gasteiger partial charge on any atom is -0.455 e. The number of rotatable bonds is 16. The molecule has 10 nitrogen and oxygen atoms in total. The molecule has 3 heterocycles. The molecule has 2 aromatic carbocycles. The third-order valence-electron chi connectivity index (χ3n) is 12.2. The van der Waals surface area contributed by atoms with Gasteiger partial charge in [0.25, 0.3) is 0 Å². The molecule has 290 valence electrons. The third-order valence-corrected chi connectivity index (χ3v) is 13.0. The van der Waals surface area contributed by atoms with E-state index in [1.165, 1.54) is 0 Å². The lowest BCUT2D eigenvalue weighted by atomic mass is 9.70. The average Bonchev–Trinajstić information content (AvgIpc) is 3.80. The Balaban J connectivity index is 1.38. The lowest BCUT2D eigenvalue weighted by molar-refractivity contribution is -0.165. The van der Waals surface area contributed by atoms with Crippen LogP contribution in [-0.4, -0.2) is 104 Å². The van der Waals surface area contributed by atoms with Crippen LogP contribution in [0, 0.1) is 11.8 Å². The number of amides is 3. The van der Waals surface area contributed by atoms with E-state index in [1.807, 2.05) is 72.5 Å². The second-order valence-corrected chi connectivity index (χ2v) is 16.5. The molecule has 3 saturated heterocycles. The van der Waals surface area contributed by atoms with Gasteiger partial charge < -0.3 is 29.3 Å². The van der Waals surface area contributed by atoms with Gasteiger partial charge in [0.15, 0.2) is 0 Å². The summed E-state index contributed by atoms with van der Waals surface area (Å²) in [5.41, 5.74) is 0.283. The summed E-state index contributed by atoms with van der Waals surface area (Å²) in [4.78, 5) is 62.8. The number of likely N-dealkylation sites (N-methyl/N-ethyl adjacent to an activating group) is 1. The minimum atomic E-state index is -1.33. The van der Waals surface area contributed by atoms with Gasteiger partial charge in [0.2, 0.25) is 17.7 Å². The summed E-state index contributed by atoms with van der Waals surface area (Å²) in [5.74, 6) is -3.42. The van der Waals surface area contributed by atoms with E-state index < -0.39 is 59.6 Å². The van der Waals surface area contributed by atoms with Gasteiger partial charge in [-0.15, -0.1) is 13.2 Å². The Morgan fingerprint density at radius 2 is 1.72 bits per heavy atom. The van der Waals surface area contributed by atoms with E-state index in [0.29, 0.717) is 31.4 Å². The summed E-state index contributed by atoms with van der Waals surface area (Å²) in [6.07, 6.45) is 8.11. The number of hydrogen-bond donors (Lipinski definition) is 1. The zero-order chi connectivity index (χ0) is 38.6. The average molecular weight is 805 g/mol. The zero-order valence-corrected chi connectivity index (χ0v) is 33.0. The third kappa shape index (κ3) is 7.56. The number of aliphatic hydroxyl groups is 1. The number of alkyl halides is 1. The van der Waals surface area contributed by atoms with Crippen LogP contribution in [0.5, 0.6) is 0 Å². The Hall–Kier alpha value is -3.80. The molecule has 9 atom stereocenters. The Kier molecular flexibility index (Phi) is 12.8. The minimum absolute atomic E-state index is 0.0169. The van der Waals surface area contributed by atoms with Crippen LogP contribution < -0.4 is 0 Å². The standard InChI is InChI=1S/C43H54BrN3O7/c1-5-7-23-34(49)45(4)28(3)37(30-19-13-9-14-20-30)53-42(52)35-36-40(50)47(32(27-48)25-29-17-11-8-12-18-29)39(43(36)26-33(44)38(35)54-43)41(51)46(24-6-2)31-21-15-10-16-22-31/h5-6,8-9,11-14,17-20,28,31-33,35-39,48H,1-2,7,10,15-16,21-27H2,3-4H3/t28-,32-,33?,35-,36+,37+,38-,39-,43+/m1/s1. The molecule has 4 fully saturated rings. The van der Waals surface area contributed by atoms with Gasteiger partial charge in [0, 0.05) is 30.9 Å². The fourth-order valence-corrected chi connectivity index (χ4v) is 10.3. The number of nitrogens with zero attached hydrogens (tertiary/aromatic N) is 3. The Bertz CT molecular complexity index is 1670. The van der Waals surface area contributed by atoms with Gasteiger partial charge >= 0.3 is 5.97 Å². The van der Waals surface area contributed by atoms with Crippen LogP contribution in [0.1, 0.15) is 75.5 Å². The Morgan fingerprint density at radius 3 is 2.35 bits per heavy atom. The van der Waals surface area contributed by atoms with Crippen molar-refractivity contribution in [1.82, 2.24) is 14.7 Å². The fourth-order valence-electron chi connectivity index (χ4n) is 9.38. The molecule has 11 heteroatoms. The molecule has 1 aliphatic carbocycles.